The quantitative estimate of drug-likeness (QED) is 0.436. The van der Waals surface area contributed by atoms with Crippen LogP contribution in [-0.4, -0.2) is 24.6 Å². The van der Waals surface area contributed by atoms with E-state index in [1.54, 1.807) is 36.4 Å². The van der Waals surface area contributed by atoms with E-state index in [2.05, 4.69) is 6.08 Å². The highest BCUT2D eigenvalue weighted by Crippen LogP contribution is 2.36. The fourth-order valence-electron chi connectivity index (χ4n) is 3.43. The molecule has 2 aliphatic rings. The van der Waals surface area contributed by atoms with Gasteiger partial charge in [0.15, 0.2) is 12.4 Å². The van der Waals surface area contributed by atoms with E-state index in [9.17, 15) is 14.4 Å². The number of allylic oxidation sites excluding steroid dienone is 6. The molecule has 0 aromatic heterocycles. The first-order valence-corrected chi connectivity index (χ1v) is 9.05. The van der Waals surface area contributed by atoms with Gasteiger partial charge in [0.05, 0.1) is 5.57 Å². The minimum absolute atomic E-state index is 0.118. The van der Waals surface area contributed by atoms with Crippen molar-refractivity contribution in [3.8, 4) is 0 Å². The summed E-state index contributed by atoms with van der Waals surface area (Å²) < 4.78 is 5.21. The van der Waals surface area contributed by atoms with Crippen LogP contribution in [0.2, 0.25) is 0 Å². The smallest absolute Gasteiger partial charge is 0.338 e. The molecule has 2 atom stereocenters. The molecular formula is C23H22O4. The van der Waals surface area contributed by atoms with Crippen molar-refractivity contribution in [2.75, 3.05) is 6.61 Å². The molecule has 0 heterocycles. The molecular weight excluding hydrogens is 340 g/mol. The third-order valence-corrected chi connectivity index (χ3v) is 4.99. The zero-order valence-corrected chi connectivity index (χ0v) is 15.3. The lowest BCUT2D eigenvalue weighted by Crippen LogP contribution is -2.22. The lowest BCUT2D eigenvalue weighted by Gasteiger charge is -2.28. The molecule has 4 nitrogen and oxygen atoms in total. The summed E-state index contributed by atoms with van der Waals surface area (Å²) in [5, 5.41) is 0. The van der Waals surface area contributed by atoms with Crippen LogP contribution in [0.1, 0.15) is 30.1 Å². The van der Waals surface area contributed by atoms with E-state index in [1.807, 2.05) is 25.1 Å². The highest BCUT2D eigenvalue weighted by atomic mass is 16.5. The number of Topliss-reactive ketones (excluding diaryl/α,β-unsaturated/α-hetero) is 1. The highest BCUT2D eigenvalue weighted by Gasteiger charge is 2.28. The van der Waals surface area contributed by atoms with E-state index < -0.39 is 5.97 Å². The van der Waals surface area contributed by atoms with Gasteiger partial charge in [-0.2, -0.15) is 0 Å². The molecule has 138 valence electrons. The van der Waals surface area contributed by atoms with Crippen LogP contribution in [0.5, 0.6) is 0 Å². The number of carbonyl (C=O) groups excluding carboxylic acids is 3. The zero-order chi connectivity index (χ0) is 19.2. The Balaban J connectivity index is 1.70. The maximum Gasteiger partial charge on any atom is 0.338 e. The van der Waals surface area contributed by atoms with Crippen molar-refractivity contribution in [1.82, 2.24) is 0 Å². The van der Waals surface area contributed by atoms with Crippen LogP contribution in [0.4, 0.5) is 0 Å². The maximum absolute atomic E-state index is 12.4. The summed E-state index contributed by atoms with van der Waals surface area (Å²) in [7, 11) is 0. The van der Waals surface area contributed by atoms with Crippen molar-refractivity contribution in [3.63, 3.8) is 0 Å². The van der Waals surface area contributed by atoms with Crippen molar-refractivity contribution >= 4 is 18.0 Å². The second-order valence-corrected chi connectivity index (χ2v) is 6.77. The number of esters is 1. The Morgan fingerprint density at radius 1 is 1.19 bits per heavy atom. The Hall–Kier alpha value is -3.01. The average Bonchev–Trinajstić information content (AvgIpc) is 2.72. The number of rotatable bonds is 6. The van der Waals surface area contributed by atoms with Gasteiger partial charge >= 0.3 is 5.97 Å². The van der Waals surface area contributed by atoms with Crippen LogP contribution in [0.25, 0.3) is 0 Å². The van der Waals surface area contributed by atoms with Gasteiger partial charge in [-0.1, -0.05) is 65.8 Å². The van der Waals surface area contributed by atoms with Crippen molar-refractivity contribution in [1.29, 1.82) is 0 Å². The molecule has 0 aliphatic heterocycles. The van der Waals surface area contributed by atoms with Crippen LogP contribution >= 0.6 is 0 Å². The molecule has 0 spiro atoms. The first-order valence-electron chi connectivity index (χ1n) is 9.05. The Bertz CT molecular complexity index is 856. The normalized spacial score (nSPS) is 21.6. The van der Waals surface area contributed by atoms with Gasteiger partial charge in [-0.15, -0.1) is 0 Å². The molecule has 4 heteroatoms. The number of hydrogen-bond acceptors (Lipinski definition) is 4. The molecule has 0 bridgehead atoms. The second kappa shape index (κ2) is 8.58. The number of aldehydes is 1. The van der Waals surface area contributed by atoms with E-state index in [1.165, 1.54) is 5.57 Å². The standard InChI is InChI=1S/C23H22O4/c1-16-7-5-6-10-20(16)21-13-18(11-12-19(21)14-24)23(26)27-15-22(25)17-8-3-2-4-9-17/h2-9,11,13-14,19-20H,10,12,15H2,1H3. The molecule has 0 radical (unpaired) electrons. The number of ketones is 1. The van der Waals surface area contributed by atoms with Gasteiger partial charge in [0.1, 0.15) is 6.29 Å². The number of carbonyl (C=O) groups is 3. The molecule has 0 amide bonds. The molecule has 0 saturated heterocycles. The van der Waals surface area contributed by atoms with E-state index >= 15 is 0 Å². The fourth-order valence-corrected chi connectivity index (χ4v) is 3.43. The molecule has 2 unspecified atom stereocenters. The molecule has 0 N–H and O–H groups in total. The Morgan fingerprint density at radius 3 is 2.67 bits per heavy atom. The predicted molar refractivity (Wildman–Crippen MR) is 103 cm³/mol. The fraction of sp³-hybridized carbons (Fsp3) is 0.261. The minimum atomic E-state index is -0.533. The summed E-state index contributed by atoms with van der Waals surface area (Å²) in [6, 6.07) is 8.73. The van der Waals surface area contributed by atoms with Crippen LogP contribution < -0.4 is 0 Å². The van der Waals surface area contributed by atoms with Crippen molar-refractivity contribution in [2.24, 2.45) is 11.8 Å². The predicted octanol–water partition coefficient (Wildman–Crippen LogP) is 4.01. The van der Waals surface area contributed by atoms with Crippen LogP contribution in [0.15, 0.2) is 77.4 Å². The first kappa shape index (κ1) is 18.8. The van der Waals surface area contributed by atoms with Crippen LogP contribution in [0, 0.1) is 11.8 Å². The molecule has 2 aliphatic carbocycles. The summed E-state index contributed by atoms with van der Waals surface area (Å²) in [5.41, 5.74) is 3.03. The number of hydrogen-bond donors (Lipinski definition) is 0. The molecule has 3 rings (SSSR count). The zero-order valence-electron chi connectivity index (χ0n) is 15.3. The Kier molecular flexibility index (Phi) is 5.97. The van der Waals surface area contributed by atoms with Gasteiger partial charge < -0.3 is 9.53 Å². The topological polar surface area (TPSA) is 60.4 Å². The summed E-state index contributed by atoms with van der Waals surface area (Å²) in [6.07, 6.45) is 11.8. The first-order chi connectivity index (χ1) is 13.1. The van der Waals surface area contributed by atoms with E-state index in [-0.39, 0.29) is 24.2 Å². The van der Waals surface area contributed by atoms with E-state index in [0.29, 0.717) is 17.6 Å². The molecule has 27 heavy (non-hydrogen) atoms. The van der Waals surface area contributed by atoms with Gasteiger partial charge in [0.25, 0.3) is 0 Å². The Morgan fingerprint density at radius 2 is 1.96 bits per heavy atom. The van der Waals surface area contributed by atoms with E-state index in [0.717, 1.165) is 18.3 Å². The Labute approximate surface area is 158 Å². The summed E-state index contributed by atoms with van der Waals surface area (Å²) >= 11 is 0. The van der Waals surface area contributed by atoms with Crippen molar-refractivity contribution in [3.05, 3.63) is 83.0 Å². The monoisotopic (exact) mass is 362 g/mol. The van der Waals surface area contributed by atoms with Gasteiger partial charge in [-0.25, -0.2) is 4.79 Å². The minimum Gasteiger partial charge on any atom is -0.454 e. The summed E-state index contributed by atoms with van der Waals surface area (Å²) in [6.45, 7) is 1.73. The van der Waals surface area contributed by atoms with Gasteiger partial charge in [-0.3, -0.25) is 4.79 Å². The molecule has 0 fully saturated rings. The number of benzene rings is 1. The van der Waals surface area contributed by atoms with E-state index in [4.69, 9.17) is 4.74 Å². The summed E-state index contributed by atoms with van der Waals surface area (Å²) in [5.74, 6) is -0.888. The third kappa shape index (κ3) is 4.40. The van der Waals surface area contributed by atoms with Gasteiger partial charge in [0.2, 0.25) is 0 Å². The number of ether oxygens (including phenoxy) is 1. The maximum atomic E-state index is 12.4. The second-order valence-electron chi connectivity index (χ2n) is 6.77. The van der Waals surface area contributed by atoms with Gasteiger partial charge in [-0.05, 0) is 25.8 Å². The van der Waals surface area contributed by atoms with Crippen molar-refractivity contribution < 1.29 is 19.1 Å². The van der Waals surface area contributed by atoms with Crippen LogP contribution in [0.3, 0.4) is 0 Å². The lowest BCUT2D eigenvalue weighted by molar-refractivity contribution is -0.137. The largest absolute Gasteiger partial charge is 0.454 e. The van der Waals surface area contributed by atoms with Crippen LogP contribution in [-0.2, 0) is 14.3 Å². The molecule has 1 aromatic rings. The molecule has 1 aromatic carbocycles. The third-order valence-electron chi connectivity index (χ3n) is 4.99. The summed E-state index contributed by atoms with van der Waals surface area (Å²) in [4.78, 5) is 36.0. The van der Waals surface area contributed by atoms with Gasteiger partial charge in [0, 0.05) is 17.4 Å². The molecule has 0 saturated carbocycles. The highest BCUT2D eigenvalue weighted by molar-refractivity contribution is 6.00. The lowest BCUT2D eigenvalue weighted by atomic mass is 9.76. The average molecular weight is 362 g/mol. The van der Waals surface area contributed by atoms with Crippen molar-refractivity contribution in [2.45, 2.75) is 19.8 Å². The SMILES string of the molecule is CC1=CC=CCC1C1=CC(C(=O)OCC(=O)c2ccccc2)=CCC1C=O.